The Morgan fingerprint density at radius 2 is 1.81 bits per heavy atom. The van der Waals surface area contributed by atoms with E-state index in [1.165, 1.54) is 11.3 Å². The topological polar surface area (TPSA) is 50.8 Å². The highest BCUT2D eigenvalue weighted by Gasteiger charge is 2.58. The van der Waals surface area contributed by atoms with Gasteiger partial charge in [-0.2, -0.15) is 10.4 Å². The van der Waals surface area contributed by atoms with Crippen LogP contribution in [0.2, 0.25) is 0 Å². The van der Waals surface area contributed by atoms with Crippen LogP contribution in [0.1, 0.15) is 28.4 Å². The van der Waals surface area contributed by atoms with Crippen LogP contribution in [0.25, 0.3) is 0 Å². The van der Waals surface area contributed by atoms with Crippen LogP contribution in [0.3, 0.4) is 0 Å². The number of para-hydroxylation sites is 1. The molecule has 1 aromatic heterocycles. The summed E-state index contributed by atoms with van der Waals surface area (Å²) in [5.74, 6) is 2.53. The molecule has 0 aliphatic heterocycles. The summed E-state index contributed by atoms with van der Waals surface area (Å²) in [6, 6.07) is 22.6. The lowest BCUT2D eigenvalue weighted by atomic mass is 10.1. The van der Waals surface area contributed by atoms with E-state index in [9.17, 15) is 5.26 Å². The molecule has 4 nitrogen and oxygen atoms in total. The van der Waals surface area contributed by atoms with E-state index in [2.05, 4.69) is 28.0 Å². The van der Waals surface area contributed by atoms with Crippen molar-refractivity contribution in [3.05, 3.63) is 83.2 Å². The highest BCUT2D eigenvalue weighted by atomic mass is 16.5. The van der Waals surface area contributed by atoms with Gasteiger partial charge in [-0.15, -0.1) is 0 Å². The molecule has 0 bridgehead atoms. The summed E-state index contributed by atoms with van der Waals surface area (Å²) < 4.78 is 8.03. The predicted octanol–water partition coefficient (Wildman–Crippen LogP) is 3.77. The van der Waals surface area contributed by atoms with Crippen LogP contribution in [0.5, 0.6) is 5.75 Å². The first-order chi connectivity index (χ1) is 12.8. The van der Waals surface area contributed by atoms with Gasteiger partial charge < -0.3 is 4.74 Å². The number of aromatic nitrogens is 2. The zero-order valence-corrected chi connectivity index (χ0v) is 14.4. The Kier molecular flexibility index (Phi) is 3.53. The van der Waals surface area contributed by atoms with Crippen LogP contribution in [0.4, 0.5) is 0 Å². The molecule has 1 heterocycles. The summed E-state index contributed by atoms with van der Waals surface area (Å²) in [5.41, 5.74) is 4.24. The highest BCUT2D eigenvalue weighted by molar-refractivity contribution is 5.47. The van der Waals surface area contributed by atoms with Gasteiger partial charge in [0.2, 0.25) is 0 Å². The third-order valence-electron chi connectivity index (χ3n) is 5.65. The molecule has 3 atom stereocenters. The largest absolute Gasteiger partial charge is 0.493 e. The number of rotatable bonds is 5. The Balaban J connectivity index is 1.37. The first kappa shape index (κ1) is 15.2. The van der Waals surface area contributed by atoms with Crippen molar-refractivity contribution in [3.63, 3.8) is 0 Å². The number of nitrogens with zero attached hydrogens (tertiary/aromatic N) is 3. The van der Waals surface area contributed by atoms with E-state index in [1.807, 2.05) is 48.5 Å². The van der Waals surface area contributed by atoms with Crippen LogP contribution in [0.15, 0.2) is 60.7 Å². The molecule has 1 saturated carbocycles. The van der Waals surface area contributed by atoms with E-state index in [-0.39, 0.29) is 0 Å². The molecular weight excluding hydrogens is 322 g/mol. The Morgan fingerprint density at radius 1 is 1.08 bits per heavy atom. The van der Waals surface area contributed by atoms with Crippen LogP contribution in [-0.2, 0) is 13.0 Å². The normalized spacial score (nSPS) is 22.3. The molecule has 0 radical (unpaired) electrons. The molecule has 2 aliphatic carbocycles. The summed E-state index contributed by atoms with van der Waals surface area (Å²) >= 11 is 0. The summed E-state index contributed by atoms with van der Waals surface area (Å²) in [6.07, 6.45) is 0.959. The Labute approximate surface area is 152 Å². The lowest BCUT2D eigenvalue weighted by Crippen LogP contribution is -2.09. The Morgan fingerprint density at radius 3 is 2.54 bits per heavy atom. The maximum absolute atomic E-state index is 9.45. The average molecular weight is 341 g/mol. The van der Waals surface area contributed by atoms with E-state index >= 15 is 0 Å². The van der Waals surface area contributed by atoms with Gasteiger partial charge in [-0.1, -0.05) is 48.5 Å². The average Bonchev–Trinajstić information content (AvgIpc) is 3.04. The molecule has 0 amide bonds. The van der Waals surface area contributed by atoms with Gasteiger partial charge in [0.15, 0.2) is 5.69 Å². The lowest BCUT2D eigenvalue weighted by Gasteiger charge is -2.10. The molecule has 26 heavy (non-hydrogen) atoms. The Bertz CT molecular complexity index is 972. The fourth-order valence-corrected chi connectivity index (χ4v) is 4.35. The Hall–Kier alpha value is -3.06. The smallest absolute Gasteiger partial charge is 0.165 e. The molecule has 2 aliphatic rings. The number of fused-ring (bicyclic) bond motifs is 3. The first-order valence-corrected chi connectivity index (χ1v) is 9.06. The summed E-state index contributed by atoms with van der Waals surface area (Å²) in [4.78, 5) is 0. The van der Waals surface area contributed by atoms with Crippen molar-refractivity contribution in [3.8, 4) is 11.8 Å². The standard InChI is InChI=1S/C22H19N3O/c23-12-20-18-11-17-19(14-26-16-9-5-2-6-10-16)21(17)22(18)25(24-20)13-15-7-3-1-4-8-15/h1-10,17,19,21H,11,13-14H2/t17-,19-,21-/m0/s1. The van der Waals surface area contributed by atoms with Crippen molar-refractivity contribution in [2.45, 2.75) is 18.9 Å². The fourth-order valence-electron chi connectivity index (χ4n) is 4.35. The van der Waals surface area contributed by atoms with E-state index in [0.717, 1.165) is 30.9 Å². The van der Waals surface area contributed by atoms with E-state index in [1.54, 1.807) is 0 Å². The second kappa shape index (κ2) is 6.03. The molecule has 128 valence electrons. The number of benzene rings is 2. The maximum Gasteiger partial charge on any atom is 0.165 e. The lowest BCUT2D eigenvalue weighted by molar-refractivity contribution is 0.287. The van der Waals surface area contributed by atoms with Gasteiger partial charge in [-0.3, -0.25) is 4.68 Å². The zero-order valence-electron chi connectivity index (χ0n) is 14.4. The SMILES string of the molecule is N#Cc1nn(Cc2ccccc2)c2c1C[C@H]1[C@H](COc3ccccc3)[C@@H]21. The number of hydrogen-bond acceptors (Lipinski definition) is 3. The predicted molar refractivity (Wildman–Crippen MR) is 97.8 cm³/mol. The van der Waals surface area contributed by atoms with Gasteiger partial charge in [0.05, 0.1) is 13.2 Å². The summed E-state index contributed by atoms with van der Waals surface area (Å²) in [5, 5.41) is 14.0. The van der Waals surface area contributed by atoms with Crippen LogP contribution in [-0.4, -0.2) is 16.4 Å². The van der Waals surface area contributed by atoms with Crippen molar-refractivity contribution in [1.82, 2.24) is 9.78 Å². The minimum atomic E-state index is 0.479. The molecule has 2 aromatic carbocycles. The van der Waals surface area contributed by atoms with E-state index in [4.69, 9.17) is 4.74 Å². The summed E-state index contributed by atoms with van der Waals surface area (Å²) in [7, 11) is 0. The van der Waals surface area contributed by atoms with Gasteiger partial charge in [-0.05, 0) is 30.0 Å². The van der Waals surface area contributed by atoms with Crippen molar-refractivity contribution in [2.24, 2.45) is 11.8 Å². The molecule has 0 spiro atoms. The monoisotopic (exact) mass is 341 g/mol. The zero-order chi connectivity index (χ0) is 17.5. The second-order valence-electron chi connectivity index (χ2n) is 7.15. The molecular formula is C22H19N3O. The molecule has 5 rings (SSSR count). The highest BCUT2D eigenvalue weighted by Crippen LogP contribution is 2.61. The van der Waals surface area contributed by atoms with E-state index in [0.29, 0.717) is 23.4 Å². The molecule has 3 aromatic rings. The number of ether oxygens (including phenoxy) is 1. The molecule has 0 N–H and O–H groups in total. The number of nitriles is 1. The van der Waals surface area contributed by atoms with Gasteiger partial charge >= 0.3 is 0 Å². The first-order valence-electron chi connectivity index (χ1n) is 9.06. The van der Waals surface area contributed by atoms with Gasteiger partial charge in [0.25, 0.3) is 0 Å². The minimum absolute atomic E-state index is 0.479. The summed E-state index contributed by atoms with van der Waals surface area (Å²) in [6.45, 7) is 1.46. The molecule has 4 heteroatoms. The minimum Gasteiger partial charge on any atom is -0.493 e. The third-order valence-corrected chi connectivity index (χ3v) is 5.65. The second-order valence-corrected chi connectivity index (χ2v) is 7.15. The molecule has 1 fully saturated rings. The van der Waals surface area contributed by atoms with Crippen molar-refractivity contribution < 1.29 is 4.74 Å². The quantitative estimate of drug-likeness (QED) is 0.710. The van der Waals surface area contributed by atoms with Gasteiger partial charge in [-0.25, -0.2) is 0 Å². The number of hydrogen-bond donors (Lipinski definition) is 0. The van der Waals surface area contributed by atoms with Crippen LogP contribution < -0.4 is 4.74 Å². The van der Waals surface area contributed by atoms with Crippen LogP contribution >= 0.6 is 0 Å². The van der Waals surface area contributed by atoms with Crippen molar-refractivity contribution in [2.75, 3.05) is 6.61 Å². The molecule has 0 unspecified atom stereocenters. The fraction of sp³-hybridized carbons (Fsp3) is 0.273. The third kappa shape index (κ3) is 2.48. The van der Waals surface area contributed by atoms with E-state index < -0.39 is 0 Å². The van der Waals surface area contributed by atoms with Crippen LogP contribution in [0, 0.1) is 23.2 Å². The van der Waals surface area contributed by atoms with Gasteiger partial charge in [0, 0.05) is 23.1 Å². The van der Waals surface area contributed by atoms with Crippen molar-refractivity contribution >= 4 is 0 Å². The van der Waals surface area contributed by atoms with Gasteiger partial charge in [0.1, 0.15) is 11.8 Å². The molecule has 0 saturated heterocycles. The maximum atomic E-state index is 9.45. The van der Waals surface area contributed by atoms with Crippen molar-refractivity contribution in [1.29, 1.82) is 5.26 Å².